The maximum atomic E-state index is 10.8. The molecular weight excluding hydrogens is 188 g/mol. The molecule has 0 heterocycles. The van der Waals surface area contributed by atoms with E-state index in [2.05, 4.69) is 13.8 Å². The monoisotopic (exact) mass is 204 g/mol. The molecule has 1 aliphatic carbocycles. The Morgan fingerprint density at radius 1 is 1.33 bits per heavy atom. The van der Waals surface area contributed by atoms with Crippen LogP contribution in [0.5, 0.6) is 0 Å². The van der Waals surface area contributed by atoms with Gasteiger partial charge >= 0.3 is 5.97 Å². The second-order valence-electron chi connectivity index (χ2n) is 4.70. The van der Waals surface area contributed by atoms with E-state index in [1.807, 2.05) is 12.1 Å². The van der Waals surface area contributed by atoms with Crippen molar-refractivity contribution >= 4 is 5.97 Å². The summed E-state index contributed by atoms with van der Waals surface area (Å²) < 4.78 is 0. The van der Waals surface area contributed by atoms with Crippen LogP contribution in [-0.2, 0) is 12.8 Å². The molecule has 0 amide bonds. The molecule has 0 bridgehead atoms. The summed E-state index contributed by atoms with van der Waals surface area (Å²) in [7, 11) is 0. The van der Waals surface area contributed by atoms with Gasteiger partial charge in [0, 0.05) is 0 Å². The lowest BCUT2D eigenvalue weighted by Crippen LogP contribution is -2.07. The number of hydrogen-bond acceptors (Lipinski definition) is 1. The van der Waals surface area contributed by atoms with Gasteiger partial charge in [0.05, 0.1) is 5.56 Å². The van der Waals surface area contributed by atoms with Crippen molar-refractivity contribution in [2.45, 2.75) is 26.7 Å². The largest absolute Gasteiger partial charge is 0.478 e. The topological polar surface area (TPSA) is 37.3 Å². The molecule has 2 rings (SSSR count). The van der Waals surface area contributed by atoms with Crippen LogP contribution in [0.2, 0.25) is 0 Å². The molecule has 2 nitrogen and oxygen atoms in total. The maximum absolute atomic E-state index is 10.8. The zero-order valence-electron chi connectivity index (χ0n) is 9.16. The Balaban J connectivity index is 2.27. The van der Waals surface area contributed by atoms with E-state index in [4.69, 9.17) is 5.11 Å². The minimum Gasteiger partial charge on any atom is -0.478 e. The van der Waals surface area contributed by atoms with E-state index in [0.29, 0.717) is 17.4 Å². The van der Waals surface area contributed by atoms with Gasteiger partial charge in [-0.05, 0) is 47.9 Å². The zero-order valence-corrected chi connectivity index (χ0v) is 9.16. The van der Waals surface area contributed by atoms with E-state index in [0.717, 1.165) is 12.8 Å². The highest BCUT2D eigenvalue weighted by atomic mass is 16.4. The maximum Gasteiger partial charge on any atom is 0.335 e. The molecule has 15 heavy (non-hydrogen) atoms. The third-order valence-electron chi connectivity index (χ3n) is 3.36. The van der Waals surface area contributed by atoms with Gasteiger partial charge in [0.15, 0.2) is 0 Å². The van der Waals surface area contributed by atoms with Crippen molar-refractivity contribution in [3.63, 3.8) is 0 Å². The molecule has 1 N–H and O–H groups in total. The molecule has 1 aliphatic rings. The van der Waals surface area contributed by atoms with Gasteiger partial charge in [0.1, 0.15) is 0 Å². The number of carboxylic acid groups (broad SMARTS) is 1. The number of hydrogen-bond donors (Lipinski definition) is 1. The van der Waals surface area contributed by atoms with E-state index < -0.39 is 5.97 Å². The van der Waals surface area contributed by atoms with Gasteiger partial charge < -0.3 is 5.11 Å². The van der Waals surface area contributed by atoms with Crippen molar-refractivity contribution in [3.8, 4) is 0 Å². The fourth-order valence-corrected chi connectivity index (χ4v) is 2.26. The smallest absolute Gasteiger partial charge is 0.335 e. The van der Waals surface area contributed by atoms with Crippen LogP contribution in [-0.4, -0.2) is 11.1 Å². The van der Waals surface area contributed by atoms with Crippen LogP contribution in [0.1, 0.15) is 35.3 Å². The summed E-state index contributed by atoms with van der Waals surface area (Å²) in [6, 6.07) is 5.52. The van der Waals surface area contributed by atoms with Gasteiger partial charge in [-0.3, -0.25) is 0 Å². The second kappa shape index (κ2) is 3.69. The van der Waals surface area contributed by atoms with E-state index in [-0.39, 0.29) is 0 Å². The minimum atomic E-state index is -0.828. The average molecular weight is 204 g/mol. The highest BCUT2D eigenvalue weighted by molar-refractivity contribution is 5.88. The Bertz CT molecular complexity index is 394. The van der Waals surface area contributed by atoms with Gasteiger partial charge in [-0.2, -0.15) is 0 Å². The third kappa shape index (κ3) is 1.89. The van der Waals surface area contributed by atoms with Crippen molar-refractivity contribution < 1.29 is 9.90 Å². The second-order valence-corrected chi connectivity index (χ2v) is 4.70. The molecule has 1 unspecified atom stereocenters. The quantitative estimate of drug-likeness (QED) is 0.804. The van der Waals surface area contributed by atoms with Crippen molar-refractivity contribution in [1.82, 2.24) is 0 Å². The lowest BCUT2D eigenvalue weighted by molar-refractivity contribution is 0.0697. The van der Waals surface area contributed by atoms with Crippen LogP contribution in [0.15, 0.2) is 18.2 Å². The Morgan fingerprint density at radius 2 is 2.00 bits per heavy atom. The molecule has 0 saturated heterocycles. The first-order chi connectivity index (χ1) is 7.08. The van der Waals surface area contributed by atoms with Gasteiger partial charge in [-0.1, -0.05) is 19.9 Å². The van der Waals surface area contributed by atoms with Crippen LogP contribution in [0.3, 0.4) is 0 Å². The number of carboxylic acids is 1. The first kappa shape index (κ1) is 10.2. The number of carbonyl (C=O) groups is 1. The summed E-state index contributed by atoms with van der Waals surface area (Å²) >= 11 is 0. The van der Waals surface area contributed by atoms with E-state index in [1.54, 1.807) is 6.07 Å². The Labute approximate surface area is 89.9 Å². The van der Waals surface area contributed by atoms with E-state index in [9.17, 15) is 4.79 Å². The van der Waals surface area contributed by atoms with Crippen LogP contribution < -0.4 is 0 Å². The number of benzene rings is 1. The molecule has 80 valence electrons. The fraction of sp³-hybridized carbons (Fsp3) is 0.462. The molecule has 2 heteroatoms. The molecule has 1 aromatic carbocycles. The highest BCUT2D eigenvalue weighted by Gasteiger charge is 2.24. The molecule has 1 aromatic rings. The van der Waals surface area contributed by atoms with E-state index >= 15 is 0 Å². The number of fused-ring (bicyclic) bond motifs is 1. The molecular formula is C13H16O2. The standard InChI is InChI=1S/C13H16O2/c1-8(2)11-5-9-3-4-10(13(14)15)6-12(9)7-11/h3-4,6,8,11H,5,7H2,1-2H3,(H,14,15). The van der Waals surface area contributed by atoms with Crippen LogP contribution in [0, 0.1) is 11.8 Å². The van der Waals surface area contributed by atoms with Gasteiger partial charge in [0.25, 0.3) is 0 Å². The van der Waals surface area contributed by atoms with Gasteiger partial charge in [-0.15, -0.1) is 0 Å². The first-order valence-corrected chi connectivity index (χ1v) is 5.43. The van der Waals surface area contributed by atoms with Gasteiger partial charge in [-0.25, -0.2) is 4.79 Å². The summed E-state index contributed by atoms with van der Waals surface area (Å²) in [6.45, 7) is 4.46. The van der Waals surface area contributed by atoms with Crippen LogP contribution >= 0.6 is 0 Å². The summed E-state index contributed by atoms with van der Waals surface area (Å²) in [4.78, 5) is 10.8. The molecule has 0 saturated carbocycles. The predicted molar refractivity (Wildman–Crippen MR) is 59.1 cm³/mol. The zero-order chi connectivity index (χ0) is 11.0. The third-order valence-corrected chi connectivity index (χ3v) is 3.36. The number of rotatable bonds is 2. The summed E-state index contributed by atoms with van der Waals surface area (Å²) in [6.07, 6.45) is 2.14. The fourth-order valence-electron chi connectivity index (χ4n) is 2.26. The van der Waals surface area contributed by atoms with Crippen LogP contribution in [0.25, 0.3) is 0 Å². The molecule has 0 radical (unpaired) electrons. The van der Waals surface area contributed by atoms with Crippen molar-refractivity contribution in [2.24, 2.45) is 11.8 Å². The molecule has 0 aromatic heterocycles. The van der Waals surface area contributed by atoms with Crippen molar-refractivity contribution in [2.75, 3.05) is 0 Å². The lowest BCUT2D eigenvalue weighted by Gasteiger charge is -2.12. The SMILES string of the molecule is CC(C)C1Cc2ccc(C(=O)O)cc2C1. The minimum absolute atomic E-state index is 0.415. The molecule has 1 atom stereocenters. The average Bonchev–Trinajstić information content (AvgIpc) is 2.59. The summed E-state index contributed by atoms with van der Waals surface area (Å²) in [5.41, 5.74) is 2.98. The first-order valence-electron chi connectivity index (χ1n) is 5.43. The van der Waals surface area contributed by atoms with E-state index in [1.165, 1.54) is 11.1 Å². The lowest BCUT2D eigenvalue weighted by atomic mass is 9.93. The van der Waals surface area contributed by atoms with Crippen molar-refractivity contribution in [1.29, 1.82) is 0 Å². The van der Waals surface area contributed by atoms with Crippen molar-refractivity contribution in [3.05, 3.63) is 34.9 Å². The predicted octanol–water partition coefficient (Wildman–Crippen LogP) is 2.76. The number of aromatic carboxylic acids is 1. The van der Waals surface area contributed by atoms with Crippen LogP contribution in [0.4, 0.5) is 0 Å². The Morgan fingerprint density at radius 3 is 2.60 bits per heavy atom. The summed E-state index contributed by atoms with van der Waals surface area (Å²) in [5.74, 6) is 0.528. The highest BCUT2D eigenvalue weighted by Crippen LogP contribution is 2.31. The molecule has 0 aliphatic heterocycles. The molecule has 0 fully saturated rings. The summed E-state index contributed by atoms with van der Waals surface area (Å²) in [5, 5.41) is 8.89. The normalized spacial score (nSPS) is 19.3. The van der Waals surface area contributed by atoms with Gasteiger partial charge in [0.2, 0.25) is 0 Å². The Kier molecular flexibility index (Phi) is 2.51. The Hall–Kier alpha value is -1.31. The molecule has 0 spiro atoms.